The lowest BCUT2D eigenvalue weighted by molar-refractivity contribution is 0.727. The first-order chi connectivity index (χ1) is 3.93. The molecule has 54 valence electrons. The van der Waals surface area contributed by atoms with Gasteiger partial charge >= 0.3 is 0 Å². The lowest BCUT2D eigenvalue weighted by Crippen LogP contribution is -2.17. The third-order valence-corrected chi connectivity index (χ3v) is 1.52. The number of hydrogen-bond donors (Lipinski definition) is 1. The first-order valence-corrected chi connectivity index (χ1v) is 3.29. The number of allylic oxidation sites excluding steroid dienone is 1. The summed E-state index contributed by atoms with van der Waals surface area (Å²) in [6.45, 7) is 3.27. The molecule has 1 nitrogen and oxygen atoms in total. The normalized spacial score (nSPS) is 26.6. The van der Waals surface area contributed by atoms with Crippen molar-refractivity contribution in [2.45, 2.75) is 25.8 Å². The van der Waals surface area contributed by atoms with E-state index in [2.05, 4.69) is 24.4 Å². The van der Waals surface area contributed by atoms with Crippen LogP contribution in [0.15, 0.2) is 12.2 Å². The van der Waals surface area contributed by atoms with Crippen LogP contribution in [-0.4, -0.2) is 12.6 Å². The van der Waals surface area contributed by atoms with E-state index in [0.29, 0.717) is 6.04 Å². The summed E-state index contributed by atoms with van der Waals surface area (Å²) >= 11 is 0. The summed E-state index contributed by atoms with van der Waals surface area (Å²) < 4.78 is 0. The number of nitrogens with one attached hydrogen (secondary N) is 1. The van der Waals surface area contributed by atoms with Gasteiger partial charge in [0.05, 0.1) is 0 Å². The summed E-state index contributed by atoms with van der Waals surface area (Å²) in [5.74, 6) is 0. The van der Waals surface area contributed by atoms with Crippen molar-refractivity contribution in [3.63, 3.8) is 0 Å². The summed E-state index contributed by atoms with van der Waals surface area (Å²) in [6.07, 6.45) is 7.01. The fourth-order valence-corrected chi connectivity index (χ4v) is 1.11. The minimum Gasteiger partial charge on any atom is -0.311 e. The molecular weight excluding hydrogens is 134 g/mol. The summed E-state index contributed by atoms with van der Waals surface area (Å²) in [6, 6.07) is 0.681. The molecule has 1 rings (SSSR count). The largest absolute Gasteiger partial charge is 0.311 e. The van der Waals surface area contributed by atoms with E-state index in [-0.39, 0.29) is 12.4 Å². The Morgan fingerprint density at radius 2 is 2.33 bits per heavy atom. The van der Waals surface area contributed by atoms with Gasteiger partial charge in [-0.05, 0) is 26.3 Å². The van der Waals surface area contributed by atoms with Crippen molar-refractivity contribution in [2.24, 2.45) is 0 Å². The molecule has 0 radical (unpaired) electrons. The first-order valence-electron chi connectivity index (χ1n) is 3.29. The van der Waals surface area contributed by atoms with Gasteiger partial charge in [-0.25, -0.2) is 0 Å². The van der Waals surface area contributed by atoms with Crippen LogP contribution < -0.4 is 5.32 Å². The number of hydrogen-bond acceptors (Lipinski definition) is 1. The molecule has 1 N–H and O–H groups in total. The van der Waals surface area contributed by atoms with Crippen molar-refractivity contribution in [2.75, 3.05) is 6.54 Å². The molecule has 1 atom stereocenters. The zero-order valence-electron chi connectivity index (χ0n) is 5.76. The molecule has 1 saturated heterocycles. The van der Waals surface area contributed by atoms with E-state index in [9.17, 15) is 0 Å². The minimum absolute atomic E-state index is 0. The van der Waals surface area contributed by atoms with Gasteiger partial charge in [-0.15, -0.1) is 12.4 Å². The Morgan fingerprint density at radius 1 is 1.56 bits per heavy atom. The van der Waals surface area contributed by atoms with E-state index in [1.165, 1.54) is 19.4 Å². The van der Waals surface area contributed by atoms with Crippen molar-refractivity contribution in [1.82, 2.24) is 5.32 Å². The standard InChI is InChI=1S/C7H13N.ClH/c1-2-4-7-5-3-6-8-7;/h2,4,7-8H,3,5-6H2,1H3;1H/t7-;/m0./s1. The lowest BCUT2D eigenvalue weighted by Gasteiger charge is -1.99. The fraction of sp³-hybridized carbons (Fsp3) is 0.714. The second-order valence-corrected chi connectivity index (χ2v) is 2.23. The zero-order valence-corrected chi connectivity index (χ0v) is 6.58. The highest BCUT2D eigenvalue weighted by Gasteiger charge is 2.08. The lowest BCUT2D eigenvalue weighted by atomic mass is 10.2. The van der Waals surface area contributed by atoms with Crippen molar-refractivity contribution in [3.8, 4) is 0 Å². The Labute approximate surface area is 62.9 Å². The van der Waals surface area contributed by atoms with Gasteiger partial charge in [0.1, 0.15) is 0 Å². The smallest absolute Gasteiger partial charge is 0.0250 e. The van der Waals surface area contributed by atoms with Gasteiger partial charge < -0.3 is 5.32 Å². The molecule has 1 aliphatic heterocycles. The molecule has 1 aliphatic rings. The van der Waals surface area contributed by atoms with Crippen LogP contribution in [0.3, 0.4) is 0 Å². The van der Waals surface area contributed by atoms with Crippen LogP contribution in [0.4, 0.5) is 0 Å². The SMILES string of the molecule is CC=C[C@H]1CCCN1.Cl. The Morgan fingerprint density at radius 3 is 2.78 bits per heavy atom. The molecule has 0 unspecified atom stereocenters. The van der Waals surface area contributed by atoms with Gasteiger partial charge in [0.25, 0.3) is 0 Å². The maximum absolute atomic E-state index is 3.37. The van der Waals surface area contributed by atoms with Crippen LogP contribution in [0, 0.1) is 0 Å². The molecule has 0 saturated carbocycles. The highest BCUT2D eigenvalue weighted by atomic mass is 35.5. The molecule has 0 spiro atoms. The average Bonchev–Trinajstić information content (AvgIpc) is 2.19. The third kappa shape index (κ3) is 2.87. The van der Waals surface area contributed by atoms with Crippen LogP contribution in [-0.2, 0) is 0 Å². The van der Waals surface area contributed by atoms with Crippen molar-refractivity contribution < 1.29 is 0 Å². The fourth-order valence-electron chi connectivity index (χ4n) is 1.11. The molecule has 0 amide bonds. The van der Waals surface area contributed by atoms with E-state index < -0.39 is 0 Å². The monoisotopic (exact) mass is 147 g/mol. The minimum atomic E-state index is 0. The van der Waals surface area contributed by atoms with Crippen LogP contribution in [0.25, 0.3) is 0 Å². The summed E-state index contributed by atoms with van der Waals surface area (Å²) in [5, 5.41) is 3.37. The molecule has 0 aromatic heterocycles. The predicted molar refractivity (Wildman–Crippen MR) is 43.1 cm³/mol. The molecule has 2 heteroatoms. The van der Waals surface area contributed by atoms with Crippen molar-refractivity contribution in [3.05, 3.63) is 12.2 Å². The van der Waals surface area contributed by atoms with Crippen LogP contribution >= 0.6 is 12.4 Å². The van der Waals surface area contributed by atoms with Crippen LogP contribution in [0.1, 0.15) is 19.8 Å². The third-order valence-electron chi connectivity index (χ3n) is 1.52. The van der Waals surface area contributed by atoms with Gasteiger partial charge in [-0.3, -0.25) is 0 Å². The van der Waals surface area contributed by atoms with Crippen molar-refractivity contribution >= 4 is 12.4 Å². The zero-order chi connectivity index (χ0) is 5.82. The number of rotatable bonds is 1. The van der Waals surface area contributed by atoms with Crippen LogP contribution in [0.2, 0.25) is 0 Å². The summed E-state index contributed by atoms with van der Waals surface area (Å²) in [4.78, 5) is 0. The van der Waals surface area contributed by atoms with Gasteiger partial charge in [0, 0.05) is 6.04 Å². The Kier molecular flexibility index (Phi) is 4.83. The molecular formula is C7H14ClN. The van der Waals surface area contributed by atoms with E-state index in [1.54, 1.807) is 0 Å². The summed E-state index contributed by atoms with van der Waals surface area (Å²) in [7, 11) is 0. The Hall–Kier alpha value is -0.0100. The molecule has 9 heavy (non-hydrogen) atoms. The Balaban J connectivity index is 0.000000640. The van der Waals surface area contributed by atoms with Gasteiger partial charge in [0.2, 0.25) is 0 Å². The van der Waals surface area contributed by atoms with E-state index in [1.807, 2.05) is 0 Å². The molecule has 1 heterocycles. The highest BCUT2D eigenvalue weighted by Crippen LogP contribution is 2.04. The highest BCUT2D eigenvalue weighted by molar-refractivity contribution is 5.85. The Bertz CT molecular complexity index is 84.9. The predicted octanol–water partition coefficient (Wildman–Crippen LogP) is 1.74. The van der Waals surface area contributed by atoms with Gasteiger partial charge in [0.15, 0.2) is 0 Å². The molecule has 0 bridgehead atoms. The molecule has 0 aromatic carbocycles. The average molecular weight is 148 g/mol. The van der Waals surface area contributed by atoms with Gasteiger partial charge in [-0.1, -0.05) is 12.2 Å². The molecule has 1 fully saturated rings. The van der Waals surface area contributed by atoms with E-state index in [0.717, 1.165) is 0 Å². The van der Waals surface area contributed by atoms with Crippen LogP contribution in [0.5, 0.6) is 0 Å². The van der Waals surface area contributed by atoms with E-state index >= 15 is 0 Å². The molecule has 0 aromatic rings. The quantitative estimate of drug-likeness (QED) is 0.558. The topological polar surface area (TPSA) is 12.0 Å². The number of halogens is 1. The second kappa shape index (κ2) is 4.83. The molecule has 0 aliphatic carbocycles. The maximum Gasteiger partial charge on any atom is 0.0250 e. The van der Waals surface area contributed by atoms with E-state index in [4.69, 9.17) is 0 Å². The van der Waals surface area contributed by atoms with Crippen molar-refractivity contribution in [1.29, 1.82) is 0 Å². The maximum atomic E-state index is 3.37. The van der Waals surface area contributed by atoms with Gasteiger partial charge in [-0.2, -0.15) is 0 Å². The summed E-state index contributed by atoms with van der Waals surface area (Å²) in [5.41, 5.74) is 0. The second-order valence-electron chi connectivity index (χ2n) is 2.23. The first kappa shape index (κ1) is 8.99.